The Hall–Kier alpha value is -1.88. The van der Waals surface area contributed by atoms with Crippen molar-refractivity contribution in [3.63, 3.8) is 0 Å². The molecule has 0 aliphatic rings. The molecule has 0 aliphatic carbocycles. The molecule has 0 fully saturated rings. The van der Waals surface area contributed by atoms with Crippen LogP contribution in [0.25, 0.3) is 0 Å². The molecule has 5 heteroatoms. The van der Waals surface area contributed by atoms with Crippen LogP contribution in [-0.2, 0) is 9.63 Å². The molecule has 16 heavy (non-hydrogen) atoms. The van der Waals surface area contributed by atoms with Crippen LogP contribution in [0.15, 0.2) is 24.3 Å². The van der Waals surface area contributed by atoms with Gasteiger partial charge in [-0.1, -0.05) is 6.07 Å². The smallest absolute Gasteiger partial charge is 0.274 e. The summed E-state index contributed by atoms with van der Waals surface area (Å²) in [6, 6.07) is 6.63. The molecule has 0 heterocycles. The molecule has 0 aromatic heterocycles. The maximum Gasteiger partial charge on any atom is 0.274 e. The molecule has 5 nitrogen and oxygen atoms in total. The van der Waals surface area contributed by atoms with E-state index in [4.69, 9.17) is 4.74 Å². The monoisotopic (exact) mass is 223 g/mol. The number of hydrogen-bond donors (Lipinski definition) is 1. The molecular weight excluding hydrogens is 210 g/mol. The van der Waals surface area contributed by atoms with Crippen molar-refractivity contribution in [2.45, 2.75) is 6.42 Å². The molecule has 0 atom stereocenters. The van der Waals surface area contributed by atoms with E-state index < -0.39 is 0 Å². The number of nitrogens with one attached hydrogen (secondary N) is 1. The van der Waals surface area contributed by atoms with Crippen LogP contribution >= 0.6 is 0 Å². The van der Waals surface area contributed by atoms with Crippen LogP contribution in [-0.4, -0.2) is 25.9 Å². The predicted molar refractivity (Wildman–Crippen MR) is 57.1 cm³/mol. The first-order valence-corrected chi connectivity index (χ1v) is 4.77. The van der Waals surface area contributed by atoms with Gasteiger partial charge in [-0.05, 0) is 18.2 Å². The number of aldehydes is 1. The number of rotatable bonds is 6. The third-order valence-corrected chi connectivity index (χ3v) is 1.80. The minimum Gasteiger partial charge on any atom is -0.493 e. The van der Waals surface area contributed by atoms with Gasteiger partial charge in [0.05, 0.1) is 13.7 Å². The molecule has 0 saturated heterocycles. The van der Waals surface area contributed by atoms with Crippen molar-refractivity contribution in [1.82, 2.24) is 5.48 Å². The van der Waals surface area contributed by atoms with Crippen LogP contribution in [0.4, 0.5) is 0 Å². The third-order valence-electron chi connectivity index (χ3n) is 1.80. The summed E-state index contributed by atoms with van der Waals surface area (Å²) in [5, 5.41) is 0. The molecule has 1 rings (SSSR count). The highest BCUT2D eigenvalue weighted by Crippen LogP contribution is 2.13. The minimum atomic E-state index is -0.344. The second kappa shape index (κ2) is 6.58. The summed E-state index contributed by atoms with van der Waals surface area (Å²) in [6.45, 7) is 0.304. The van der Waals surface area contributed by atoms with E-state index in [0.29, 0.717) is 24.3 Å². The van der Waals surface area contributed by atoms with E-state index >= 15 is 0 Å². The average molecular weight is 223 g/mol. The van der Waals surface area contributed by atoms with Gasteiger partial charge in [-0.25, -0.2) is 5.48 Å². The Morgan fingerprint density at radius 3 is 3.00 bits per heavy atom. The first-order valence-electron chi connectivity index (χ1n) is 4.77. The summed E-state index contributed by atoms with van der Waals surface area (Å²) < 4.78 is 5.26. The van der Waals surface area contributed by atoms with Crippen molar-refractivity contribution in [1.29, 1.82) is 0 Å². The fraction of sp³-hybridized carbons (Fsp3) is 0.273. The number of carbonyl (C=O) groups excluding carboxylic acids is 2. The van der Waals surface area contributed by atoms with Gasteiger partial charge in [0.25, 0.3) is 5.91 Å². The largest absolute Gasteiger partial charge is 0.493 e. The number of hydrogen-bond acceptors (Lipinski definition) is 4. The number of benzene rings is 1. The van der Waals surface area contributed by atoms with Gasteiger partial charge in [0, 0.05) is 12.0 Å². The van der Waals surface area contributed by atoms with Crippen LogP contribution in [0.5, 0.6) is 5.75 Å². The van der Waals surface area contributed by atoms with E-state index in [1.807, 2.05) is 0 Å². The van der Waals surface area contributed by atoms with Crippen LogP contribution in [0.3, 0.4) is 0 Å². The minimum absolute atomic E-state index is 0.304. The first-order chi connectivity index (χ1) is 7.77. The third kappa shape index (κ3) is 3.70. The standard InChI is InChI=1S/C11H13NO4/c1-15-12-11(14)9-4-2-5-10(8-9)16-7-3-6-13/h2,4-6,8H,3,7H2,1H3,(H,12,14). The SMILES string of the molecule is CONC(=O)c1cccc(OCCC=O)c1. The lowest BCUT2D eigenvalue weighted by atomic mass is 10.2. The maximum atomic E-state index is 11.4. The highest BCUT2D eigenvalue weighted by Gasteiger charge is 2.05. The highest BCUT2D eigenvalue weighted by atomic mass is 16.6. The fourth-order valence-electron chi connectivity index (χ4n) is 1.10. The molecule has 1 aromatic carbocycles. The number of hydroxylamine groups is 1. The van der Waals surface area contributed by atoms with E-state index in [1.165, 1.54) is 7.11 Å². The Bertz CT molecular complexity index is 365. The highest BCUT2D eigenvalue weighted by molar-refractivity contribution is 5.93. The molecule has 1 N–H and O–H groups in total. The zero-order valence-corrected chi connectivity index (χ0v) is 8.93. The van der Waals surface area contributed by atoms with Gasteiger partial charge < -0.3 is 9.53 Å². The van der Waals surface area contributed by atoms with Crippen molar-refractivity contribution in [2.24, 2.45) is 0 Å². The lowest BCUT2D eigenvalue weighted by Crippen LogP contribution is -2.21. The van der Waals surface area contributed by atoms with Crippen molar-refractivity contribution in [2.75, 3.05) is 13.7 Å². The van der Waals surface area contributed by atoms with Gasteiger partial charge >= 0.3 is 0 Å². The topological polar surface area (TPSA) is 64.6 Å². The van der Waals surface area contributed by atoms with Crippen LogP contribution in [0.1, 0.15) is 16.8 Å². The summed E-state index contributed by atoms with van der Waals surface area (Å²) in [5.41, 5.74) is 2.64. The predicted octanol–water partition coefficient (Wildman–Crippen LogP) is 0.946. The maximum absolute atomic E-state index is 11.4. The molecule has 1 aromatic rings. The lowest BCUT2D eigenvalue weighted by molar-refractivity contribution is -0.108. The van der Waals surface area contributed by atoms with Crippen LogP contribution in [0.2, 0.25) is 0 Å². The molecule has 1 amide bonds. The van der Waals surface area contributed by atoms with Crippen molar-refractivity contribution < 1.29 is 19.2 Å². The zero-order valence-electron chi connectivity index (χ0n) is 8.93. The number of ether oxygens (including phenoxy) is 1. The normalized spacial score (nSPS) is 9.56. The summed E-state index contributed by atoms with van der Waals surface area (Å²) in [4.78, 5) is 26.0. The van der Waals surface area contributed by atoms with Gasteiger partial charge in [0.1, 0.15) is 12.0 Å². The summed E-state index contributed by atoms with van der Waals surface area (Å²) in [7, 11) is 1.36. The van der Waals surface area contributed by atoms with Gasteiger partial charge in [0.15, 0.2) is 0 Å². The van der Waals surface area contributed by atoms with E-state index in [0.717, 1.165) is 6.29 Å². The van der Waals surface area contributed by atoms with E-state index in [-0.39, 0.29) is 5.91 Å². The quantitative estimate of drug-likeness (QED) is 0.443. The molecule has 0 saturated carbocycles. The van der Waals surface area contributed by atoms with Crippen molar-refractivity contribution in [3.05, 3.63) is 29.8 Å². The Labute approximate surface area is 93.3 Å². The fourth-order valence-corrected chi connectivity index (χ4v) is 1.10. The second-order valence-electron chi connectivity index (χ2n) is 2.97. The molecule has 0 unspecified atom stereocenters. The van der Waals surface area contributed by atoms with Gasteiger partial charge in [-0.15, -0.1) is 0 Å². The first kappa shape index (κ1) is 12.2. The molecular formula is C11H13NO4. The van der Waals surface area contributed by atoms with Crippen LogP contribution < -0.4 is 10.2 Å². The Balaban J connectivity index is 2.63. The zero-order chi connectivity index (χ0) is 11.8. The molecule has 0 radical (unpaired) electrons. The van der Waals surface area contributed by atoms with E-state index in [9.17, 15) is 9.59 Å². The van der Waals surface area contributed by atoms with Crippen molar-refractivity contribution in [3.8, 4) is 5.75 Å². The second-order valence-corrected chi connectivity index (χ2v) is 2.97. The molecule has 0 spiro atoms. The Morgan fingerprint density at radius 2 is 2.31 bits per heavy atom. The lowest BCUT2D eigenvalue weighted by Gasteiger charge is -2.06. The van der Waals surface area contributed by atoms with Gasteiger partial charge in [-0.3, -0.25) is 9.63 Å². The van der Waals surface area contributed by atoms with Gasteiger partial charge in [0.2, 0.25) is 0 Å². The summed E-state index contributed by atoms with van der Waals surface area (Å²) >= 11 is 0. The van der Waals surface area contributed by atoms with E-state index in [1.54, 1.807) is 24.3 Å². The summed E-state index contributed by atoms with van der Waals surface area (Å²) in [5.74, 6) is 0.203. The molecule has 86 valence electrons. The average Bonchev–Trinajstić information content (AvgIpc) is 2.30. The van der Waals surface area contributed by atoms with Crippen molar-refractivity contribution >= 4 is 12.2 Å². The van der Waals surface area contributed by atoms with Crippen LogP contribution in [0, 0.1) is 0 Å². The number of amides is 1. The van der Waals surface area contributed by atoms with E-state index in [2.05, 4.69) is 10.3 Å². The van der Waals surface area contributed by atoms with Gasteiger partial charge in [-0.2, -0.15) is 0 Å². The molecule has 0 bridgehead atoms. The molecule has 0 aliphatic heterocycles. The summed E-state index contributed by atoms with van der Waals surface area (Å²) in [6.07, 6.45) is 1.11. The number of carbonyl (C=O) groups is 2. The Kier molecular flexibility index (Phi) is 5.01. The Morgan fingerprint density at radius 1 is 1.50 bits per heavy atom.